The molecule has 2 fully saturated rings. The van der Waals surface area contributed by atoms with Gasteiger partial charge in [-0.25, -0.2) is 0 Å². The lowest BCUT2D eigenvalue weighted by Gasteiger charge is -2.20. The molecule has 1 saturated carbocycles. The summed E-state index contributed by atoms with van der Waals surface area (Å²) >= 11 is 4.41. The Labute approximate surface area is 94.7 Å². The van der Waals surface area contributed by atoms with Gasteiger partial charge in [0.1, 0.15) is 0 Å². The number of rotatable bonds is 3. The van der Waals surface area contributed by atoms with E-state index in [0.717, 1.165) is 5.75 Å². The summed E-state index contributed by atoms with van der Waals surface area (Å²) in [7, 11) is 0. The van der Waals surface area contributed by atoms with E-state index in [0.29, 0.717) is 5.41 Å². The van der Waals surface area contributed by atoms with Crippen molar-refractivity contribution in [3.8, 4) is 0 Å². The van der Waals surface area contributed by atoms with Gasteiger partial charge in [0, 0.05) is 6.54 Å². The lowest BCUT2D eigenvalue weighted by atomic mass is 10.1. The minimum absolute atomic E-state index is 0.646. The molecule has 1 saturated heterocycles. The van der Waals surface area contributed by atoms with Crippen LogP contribution in [0, 0.1) is 5.41 Å². The molecule has 0 aromatic rings. The smallest absolute Gasteiger partial charge is 0.00458 e. The first-order valence-electron chi connectivity index (χ1n) is 6.09. The molecule has 1 nitrogen and oxygen atoms in total. The van der Waals surface area contributed by atoms with Gasteiger partial charge in [-0.3, -0.25) is 0 Å². The summed E-state index contributed by atoms with van der Waals surface area (Å²) in [6.07, 6.45) is 6.94. The molecule has 0 N–H and O–H groups in total. The van der Waals surface area contributed by atoms with Crippen molar-refractivity contribution in [2.75, 3.05) is 25.4 Å². The van der Waals surface area contributed by atoms with Crippen LogP contribution in [0.15, 0.2) is 0 Å². The van der Waals surface area contributed by atoms with E-state index in [1.807, 2.05) is 0 Å². The molecule has 1 aliphatic heterocycles. The molecular weight excluding hydrogens is 190 g/mol. The normalized spacial score (nSPS) is 24.2. The molecule has 1 aliphatic carbocycles. The zero-order valence-electron chi connectivity index (χ0n) is 9.76. The third kappa shape index (κ3) is 3.82. The maximum absolute atomic E-state index is 4.41. The molecule has 0 bridgehead atoms. The van der Waals surface area contributed by atoms with Crippen LogP contribution in [0.3, 0.4) is 0 Å². The van der Waals surface area contributed by atoms with E-state index in [9.17, 15) is 0 Å². The molecule has 0 aromatic carbocycles. The van der Waals surface area contributed by atoms with Crippen LogP contribution in [-0.2, 0) is 0 Å². The fourth-order valence-electron chi connectivity index (χ4n) is 1.96. The second-order valence-electron chi connectivity index (χ2n) is 4.85. The summed E-state index contributed by atoms with van der Waals surface area (Å²) < 4.78 is 0. The van der Waals surface area contributed by atoms with E-state index in [1.54, 1.807) is 0 Å². The number of likely N-dealkylation sites (tertiary alicyclic amines) is 1. The van der Waals surface area contributed by atoms with E-state index in [1.165, 1.54) is 51.7 Å². The van der Waals surface area contributed by atoms with E-state index >= 15 is 0 Å². The van der Waals surface area contributed by atoms with Gasteiger partial charge in [0.2, 0.25) is 0 Å². The Kier molecular flexibility index (Phi) is 5.32. The van der Waals surface area contributed by atoms with Crippen molar-refractivity contribution in [2.45, 2.75) is 46.0 Å². The highest BCUT2D eigenvalue weighted by molar-refractivity contribution is 7.80. The highest BCUT2D eigenvalue weighted by atomic mass is 32.1. The van der Waals surface area contributed by atoms with E-state index in [2.05, 4.69) is 31.4 Å². The highest BCUT2D eigenvalue weighted by Crippen LogP contribution is 2.47. The highest BCUT2D eigenvalue weighted by Gasteiger charge is 2.42. The molecule has 0 unspecified atom stereocenters. The molecule has 2 rings (SSSR count). The molecule has 2 heteroatoms. The topological polar surface area (TPSA) is 3.24 Å². The molecule has 0 spiro atoms. The third-order valence-electron chi connectivity index (χ3n) is 3.05. The van der Waals surface area contributed by atoms with Crippen LogP contribution in [0.25, 0.3) is 0 Å². The molecule has 2 aliphatic rings. The van der Waals surface area contributed by atoms with Crippen LogP contribution in [-0.4, -0.2) is 30.3 Å². The average molecular weight is 215 g/mol. The van der Waals surface area contributed by atoms with Crippen molar-refractivity contribution >= 4 is 12.6 Å². The summed E-state index contributed by atoms with van der Waals surface area (Å²) in [6, 6.07) is 0. The molecule has 0 radical (unpaired) electrons. The van der Waals surface area contributed by atoms with Crippen LogP contribution in [0.5, 0.6) is 0 Å². The second-order valence-corrected chi connectivity index (χ2v) is 5.16. The minimum Gasteiger partial charge on any atom is -0.303 e. The first-order valence-corrected chi connectivity index (χ1v) is 6.73. The van der Waals surface area contributed by atoms with E-state index in [-0.39, 0.29) is 0 Å². The van der Waals surface area contributed by atoms with Crippen molar-refractivity contribution in [1.82, 2.24) is 4.90 Å². The first kappa shape index (κ1) is 12.4. The zero-order chi connectivity index (χ0) is 10.4. The monoisotopic (exact) mass is 215 g/mol. The Bertz CT molecular complexity index is 148. The SMILES string of the molecule is CCC.SCC1(CN2CCCC2)CC1. The van der Waals surface area contributed by atoms with Crippen molar-refractivity contribution in [3.05, 3.63) is 0 Å². The van der Waals surface area contributed by atoms with Gasteiger partial charge in [-0.05, 0) is 49.9 Å². The van der Waals surface area contributed by atoms with Crippen molar-refractivity contribution in [1.29, 1.82) is 0 Å². The largest absolute Gasteiger partial charge is 0.303 e. The van der Waals surface area contributed by atoms with Gasteiger partial charge in [-0.2, -0.15) is 12.6 Å². The van der Waals surface area contributed by atoms with Crippen LogP contribution in [0.4, 0.5) is 0 Å². The molecule has 1 heterocycles. The summed E-state index contributed by atoms with van der Waals surface area (Å²) in [6.45, 7) is 8.27. The molecule has 14 heavy (non-hydrogen) atoms. The number of nitrogens with zero attached hydrogens (tertiary/aromatic N) is 1. The minimum atomic E-state index is 0.646. The van der Waals surface area contributed by atoms with Gasteiger partial charge in [-0.1, -0.05) is 20.3 Å². The first-order chi connectivity index (χ1) is 6.76. The van der Waals surface area contributed by atoms with Gasteiger partial charge in [0.15, 0.2) is 0 Å². The summed E-state index contributed by atoms with van der Waals surface area (Å²) in [5.41, 5.74) is 0.646. The fraction of sp³-hybridized carbons (Fsp3) is 1.00. The van der Waals surface area contributed by atoms with Crippen LogP contribution >= 0.6 is 12.6 Å². The molecule has 0 atom stereocenters. The summed E-state index contributed by atoms with van der Waals surface area (Å²) in [5, 5.41) is 0. The summed E-state index contributed by atoms with van der Waals surface area (Å²) in [4.78, 5) is 2.61. The van der Waals surface area contributed by atoms with E-state index < -0.39 is 0 Å². The quantitative estimate of drug-likeness (QED) is 0.708. The average Bonchev–Trinajstić information content (AvgIpc) is 2.75. The lowest BCUT2D eigenvalue weighted by Crippen LogP contribution is -2.28. The van der Waals surface area contributed by atoms with Crippen LogP contribution in [0.1, 0.15) is 46.0 Å². The Morgan fingerprint density at radius 2 is 1.64 bits per heavy atom. The maximum Gasteiger partial charge on any atom is 0.00458 e. The number of hydrogen-bond acceptors (Lipinski definition) is 2. The van der Waals surface area contributed by atoms with Crippen LogP contribution in [0.2, 0.25) is 0 Å². The van der Waals surface area contributed by atoms with Crippen molar-refractivity contribution < 1.29 is 0 Å². The van der Waals surface area contributed by atoms with Gasteiger partial charge < -0.3 is 4.90 Å². The van der Waals surface area contributed by atoms with Gasteiger partial charge in [-0.15, -0.1) is 0 Å². The third-order valence-corrected chi connectivity index (χ3v) is 3.72. The lowest BCUT2D eigenvalue weighted by molar-refractivity contribution is 0.279. The Hall–Kier alpha value is 0.310. The number of thiol groups is 1. The molecular formula is C12H25NS. The Morgan fingerprint density at radius 3 is 2.00 bits per heavy atom. The van der Waals surface area contributed by atoms with Crippen LogP contribution < -0.4 is 0 Å². The molecule has 0 amide bonds. The van der Waals surface area contributed by atoms with Gasteiger partial charge in [0.25, 0.3) is 0 Å². The van der Waals surface area contributed by atoms with Gasteiger partial charge in [0.05, 0.1) is 0 Å². The fourth-order valence-corrected chi connectivity index (χ4v) is 2.37. The Morgan fingerprint density at radius 1 is 1.14 bits per heavy atom. The standard InChI is InChI=1S/C9H17NS.C3H8/c11-8-9(3-4-9)7-10-5-1-2-6-10;1-3-2/h11H,1-8H2;3H2,1-2H3. The Balaban J connectivity index is 0.000000293. The predicted octanol–water partition coefficient (Wildman–Crippen LogP) is 3.21. The molecule has 84 valence electrons. The van der Waals surface area contributed by atoms with Crippen molar-refractivity contribution in [2.24, 2.45) is 5.41 Å². The zero-order valence-corrected chi connectivity index (χ0v) is 10.7. The van der Waals surface area contributed by atoms with Gasteiger partial charge >= 0.3 is 0 Å². The number of hydrogen-bond donors (Lipinski definition) is 1. The second kappa shape index (κ2) is 6.02. The van der Waals surface area contributed by atoms with Crippen molar-refractivity contribution in [3.63, 3.8) is 0 Å². The summed E-state index contributed by atoms with van der Waals surface area (Å²) in [5.74, 6) is 1.10. The molecule has 0 aromatic heterocycles. The maximum atomic E-state index is 4.41. The predicted molar refractivity (Wildman–Crippen MR) is 67.2 cm³/mol. The van der Waals surface area contributed by atoms with E-state index in [4.69, 9.17) is 0 Å².